The first-order valence-electron chi connectivity index (χ1n) is 8.76. The Kier molecular flexibility index (Phi) is 6.42. The van der Waals surface area contributed by atoms with Crippen LogP contribution in [-0.4, -0.2) is 60.2 Å². The molecule has 1 aromatic carbocycles. The van der Waals surface area contributed by atoms with Crippen LogP contribution in [0.4, 0.5) is 24.8 Å². The Hall–Kier alpha value is -2.72. The van der Waals surface area contributed by atoms with Crippen LogP contribution < -0.4 is 10.6 Å². The molecule has 0 aliphatic carbocycles. The summed E-state index contributed by atoms with van der Waals surface area (Å²) >= 11 is 0. The number of carbonyl (C=O) groups is 1. The van der Waals surface area contributed by atoms with Gasteiger partial charge in [-0.1, -0.05) is 6.07 Å². The van der Waals surface area contributed by atoms with Gasteiger partial charge in [0.2, 0.25) is 5.95 Å². The van der Waals surface area contributed by atoms with Gasteiger partial charge in [-0.25, -0.2) is 9.97 Å². The van der Waals surface area contributed by atoms with Crippen LogP contribution in [0.3, 0.4) is 0 Å². The van der Waals surface area contributed by atoms with Gasteiger partial charge in [0.1, 0.15) is 0 Å². The van der Waals surface area contributed by atoms with Gasteiger partial charge in [0, 0.05) is 44.3 Å². The predicted octanol–water partition coefficient (Wildman–Crippen LogP) is 2.30. The molecule has 0 atom stereocenters. The molecule has 0 saturated carbocycles. The molecule has 2 N–H and O–H groups in total. The standard InChI is InChI=1S/C18H20F3N5O2/c19-18(20,21)14-2-1-3-15(10-14)25-17-23-11-13(12-24-17)16(27)22-4-5-26-6-8-28-9-7-26/h1-3,10-12H,4-9H2,(H,22,27)(H,23,24,25). The predicted molar refractivity (Wildman–Crippen MR) is 96.4 cm³/mol. The third-order valence-electron chi connectivity index (χ3n) is 4.18. The normalized spacial score (nSPS) is 15.2. The summed E-state index contributed by atoms with van der Waals surface area (Å²) in [5, 5.41) is 5.49. The van der Waals surface area contributed by atoms with Gasteiger partial charge in [0.25, 0.3) is 5.91 Å². The van der Waals surface area contributed by atoms with E-state index in [0.29, 0.717) is 19.8 Å². The third-order valence-corrected chi connectivity index (χ3v) is 4.18. The average Bonchev–Trinajstić information content (AvgIpc) is 2.69. The Labute approximate surface area is 159 Å². The van der Waals surface area contributed by atoms with E-state index in [2.05, 4.69) is 25.5 Å². The molecule has 0 bridgehead atoms. The van der Waals surface area contributed by atoms with Gasteiger partial charge in [-0.15, -0.1) is 0 Å². The van der Waals surface area contributed by atoms with Gasteiger partial charge in [0.05, 0.1) is 24.3 Å². The van der Waals surface area contributed by atoms with Crippen LogP contribution >= 0.6 is 0 Å². The van der Waals surface area contributed by atoms with Crippen molar-refractivity contribution in [1.82, 2.24) is 20.2 Å². The topological polar surface area (TPSA) is 79.4 Å². The SMILES string of the molecule is O=C(NCCN1CCOCC1)c1cnc(Nc2cccc(C(F)(F)F)c2)nc1. The molecule has 7 nitrogen and oxygen atoms in total. The summed E-state index contributed by atoms with van der Waals surface area (Å²) in [7, 11) is 0. The van der Waals surface area contributed by atoms with E-state index in [1.165, 1.54) is 24.5 Å². The van der Waals surface area contributed by atoms with Crippen LogP contribution in [0, 0.1) is 0 Å². The number of anilines is 2. The fourth-order valence-electron chi connectivity index (χ4n) is 2.67. The highest BCUT2D eigenvalue weighted by Crippen LogP contribution is 2.31. The number of aromatic nitrogens is 2. The molecule has 28 heavy (non-hydrogen) atoms. The Morgan fingerprint density at radius 3 is 2.57 bits per heavy atom. The molecule has 1 aromatic heterocycles. The molecule has 0 spiro atoms. The molecule has 1 aliphatic rings. The van der Waals surface area contributed by atoms with Crippen LogP contribution in [0.5, 0.6) is 0 Å². The molecule has 3 rings (SSSR count). The number of morpholine rings is 1. The first-order valence-corrected chi connectivity index (χ1v) is 8.76. The second-order valence-electron chi connectivity index (χ2n) is 6.21. The Bertz CT molecular complexity index is 793. The van der Waals surface area contributed by atoms with E-state index in [-0.39, 0.29) is 23.1 Å². The monoisotopic (exact) mass is 395 g/mol. The maximum atomic E-state index is 12.8. The highest BCUT2D eigenvalue weighted by atomic mass is 19.4. The third kappa shape index (κ3) is 5.64. The van der Waals surface area contributed by atoms with E-state index in [9.17, 15) is 18.0 Å². The van der Waals surface area contributed by atoms with Crippen molar-refractivity contribution in [3.05, 3.63) is 47.8 Å². The number of carbonyl (C=O) groups excluding carboxylic acids is 1. The molecular weight excluding hydrogens is 375 g/mol. The Balaban J connectivity index is 1.52. The van der Waals surface area contributed by atoms with E-state index < -0.39 is 11.7 Å². The van der Waals surface area contributed by atoms with Gasteiger partial charge >= 0.3 is 6.18 Å². The fraction of sp³-hybridized carbons (Fsp3) is 0.389. The molecule has 1 saturated heterocycles. The summed E-state index contributed by atoms with van der Waals surface area (Å²) in [5.41, 5.74) is -0.289. The lowest BCUT2D eigenvalue weighted by Crippen LogP contribution is -2.41. The number of nitrogens with zero attached hydrogens (tertiary/aromatic N) is 3. The lowest BCUT2D eigenvalue weighted by Gasteiger charge is -2.26. The van der Waals surface area contributed by atoms with Crippen LogP contribution in [0.15, 0.2) is 36.7 Å². The Morgan fingerprint density at radius 2 is 1.89 bits per heavy atom. The van der Waals surface area contributed by atoms with E-state index in [0.717, 1.165) is 31.8 Å². The van der Waals surface area contributed by atoms with Gasteiger partial charge in [0.15, 0.2) is 0 Å². The molecule has 0 unspecified atom stereocenters. The van der Waals surface area contributed by atoms with Crippen molar-refractivity contribution in [2.24, 2.45) is 0 Å². The average molecular weight is 395 g/mol. The van der Waals surface area contributed by atoms with Crippen molar-refractivity contribution >= 4 is 17.5 Å². The summed E-state index contributed by atoms with van der Waals surface area (Å²) in [5.74, 6) is -0.205. The molecule has 1 aliphatic heterocycles. The van der Waals surface area contributed by atoms with Crippen LogP contribution in [0.2, 0.25) is 0 Å². The second-order valence-corrected chi connectivity index (χ2v) is 6.21. The van der Waals surface area contributed by atoms with Crippen molar-refractivity contribution < 1.29 is 22.7 Å². The van der Waals surface area contributed by atoms with Crippen LogP contribution in [0.1, 0.15) is 15.9 Å². The van der Waals surface area contributed by atoms with Gasteiger partial charge < -0.3 is 15.4 Å². The zero-order valence-corrected chi connectivity index (χ0v) is 15.0. The molecule has 0 radical (unpaired) electrons. The summed E-state index contributed by atoms with van der Waals surface area (Å²) in [6, 6.07) is 4.72. The van der Waals surface area contributed by atoms with E-state index in [1.54, 1.807) is 0 Å². The first-order chi connectivity index (χ1) is 13.4. The minimum Gasteiger partial charge on any atom is -0.379 e. The molecular formula is C18H20F3N5O2. The second kappa shape index (κ2) is 8.98. The number of rotatable bonds is 6. The van der Waals surface area contributed by atoms with Gasteiger partial charge in [-0.3, -0.25) is 9.69 Å². The first kappa shape index (κ1) is 20.0. The van der Waals surface area contributed by atoms with Gasteiger partial charge in [-0.2, -0.15) is 13.2 Å². The Morgan fingerprint density at radius 1 is 1.18 bits per heavy atom. The lowest BCUT2D eigenvalue weighted by atomic mass is 10.2. The highest BCUT2D eigenvalue weighted by molar-refractivity contribution is 5.93. The molecule has 2 aromatic rings. The van der Waals surface area contributed by atoms with Gasteiger partial charge in [-0.05, 0) is 18.2 Å². The molecule has 150 valence electrons. The lowest BCUT2D eigenvalue weighted by molar-refractivity contribution is -0.137. The maximum Gasteiger partial charge on any atom is 0.416 e. The zero-order chi connectivity index (χ0) is 20.0. The minimum atomic E-state index is -4.43. The summed E-state index contributed by atoms with van der Waals surface area (Å²) < 4.78 is 43.5. The number of ether oxygens (including phenoxy) is 1. The van der Waals surface area contributed by atoms with E-state index >= 15 is 0 Å². The molecule has 1 amide bonds. The summed E-state index contributed by atoms with van der Waals surface area (Å²) in [6.07, 6.45) is -1.78. The molecule has 1 fully saturated rings. The quantitative estimate of drug-likeness (QED) is 0.782. The van der Waals surface area contributed by atoms with E-state index in [1.807, 2.05) is 0 Å². The molecule has 2 heterocycles. The smallest absolute Gasteiger partial charge is 0.379 e. The van der Waals surface area contributed by atoms with Crippen molar-refractivity contribution in [2.75, 3.05) is 44.7 Å². The number of halogens is 3. The summed E-state index contributed by atoms with van der Waals surface area (Å²) in [4.78, 5) is 22.3. The number of hydrogen-bond acceptors (Lipinski definition) is 6. The number of amides is 1. The fourth-order valence-corrected chi connectivity index (χ4v) is 2.67. The van der Waals surface area contributed by atoms with Crippen molar-refractivity contribution in [1.29, 1.82) is 0 Å². The zero-order valence-electron chi connectivity index (χ0n) is 15.0. The van der Waals surface area contributed by atoms with Crippen molar-refractivity contribution in [3.8, 4) is 0 Å². The van der Waals surface area contributed by atoms with Crippen molar-refractivity contribution in [2.45, 2.75) is 6.18 Å². The number of benzene rings is 1. The van der Waals surface area contributed by atoms with Crippen LogP contribution in [0.25, 0.3) is 0 Å². The van der Waals surface area contributed by atoms with Crippen LogP contribution in [-0.2, 0) is 10.9 Å². The number of hydrogen-bond donors (Lipinski definition) is 2. The number of alkyl halides is 3. The van der Waals surface area contributed by atoms with Crippen molar-refractivity contribution in [3.63, 3.8) is 0 Å². The largest absolute Gasteiger partial charge is 0.416 e. The highest BCUT2D eigenvalue weighted by Gasteiger charge is 2.30. The minimum absolute atomic E-state index is 0.101. The molecule has 10 heteroatoms. The number of nitrogens with one attached hydrogen (secondary N) is 2. The maximum absolute atomic E-state index is 12.8. The van der Waals surface area contributed by atoms with E-state index in [4.69, 9.17) is 4.74 Å². The summed E-state index contributed by atoms with van der Waals surface area (Å²) in [6.45, 7) is 4.29.